The normalized spacial score (nSPS) is 28.6. The van der Waals surface area contributed by atoms with Crippen LogP contribution in [0.2, 0.25) is 0 Å². The maximum absolute atomic E-state index is 9.28. The summed E-state index contributed by atoms with van der Waals surface area (Å²) in [6.07, 6.45) is 2.37. The van der Waals surface area contributed by atoms with Gasteiger partial charge < -0.3 is 15.2 Å². The van der Waals surface area contributed by atoms with Crippen LogP contribution in [0, 0.1) is 17.2 Å². The molecule has 0 bridgehead atoms. The lowest BCUT2D eigenvalue weighted by atomic mass is 9.79. The number of hydrogen-bond donors (Lipinski definition) is 1. The van der Waals surface area contributed by atoms with Crippen molar-refractivity contribution in [2.24, 2.45) is 16.6 Å². The summed E-state index contributed by atoms with van der Waals surface area (Å²) in [4.78, 5) is 11.1. The van der Waals surface area contributed by atoms with E-state index in [4.69, 9.17) is 25.0 Å². The van der Waals surface area contributed by atoms with E-state index in [-0.39, 0.29) is 11.7 Å². The van der Waals surface area contributed by atoms with E-state index in [2.05, 4.69) is 19.9 Å². The summed E-state index contributed by atoms with van der Waals surface area (Å²) in [5.41, 5.74) is 8.45. The minimum absolute atomic E-state index is 0.0542. The molecule has 7 heteroatoms. The summed E-state index contributed by atoms with van der Waals surface area (Å²) < 4.78 is 12.5. The highest BCUT2D eigenvalue weighted by molar-refractivity contribution is 5.79. The van der Waals surface area contributed by atoms with Gasteiger partial charge in [0.15, 0.2) is 0 Å². The Hall–Kier alpha value is -3.08. The van der Waals surface area contributed by atoms with Gasteiger partial charge >= 0.3 is 0 Å². The number of nitriles is 1. The van der Waals surface area contributed by atoms with Crippen LogP contribution in [0.25, 0.3) is 11.1 Å². The quantitative estimate of drug-likeness (QED) is 0.773. The molecule has 2 N–H and O–H groups in total. The summed E-state index contributed by atoms with van der Waals surface area (Å²) in [5, 5.41) is 10.8. The fraction of sp³-hybridized carbons (Fsp3) is 0.440. The number of hydroxylamine groups is 2. The topological polar surface area (TPSA) is 93.1 Å². The van der Waals surface area contributed by atoms with Crippen molar-refractivity contribution in [3.05, 3.63) is 53.6 Å². The summed E-state index contributed by atoms with van der Waals surface area (Å²) in [5.74, 6) is 1.44. The summed E-state index contributed by atoms with van der Waals surface area (Å²) in [7, 11) is 1.77. The third-order valence-corrected chi connectivity index (χ3v) is 6.65. The summed E-state index contributed by atoms with van der Waals surface area (Å²) in [6, 6.07) is 15.8. The van der Waals surface area contributed by atoms with E-state index in [1.54, 1.807) is 13.1 Å². The van der Waals surface area contributed by atoms with Gasteiger partial charge in [-0.05, 0) is 62.1 Å². The van der Waals surface area contributed by atoms with Crippen molar-refractivity contribution in [3.8, 4) is 22.9 Å². The van der Waals surface area contributed by atoms with Crippen LogP contribution in [0.4, 0.5) is 0 Å². The van der Waals surface area contributed by atoms with Crippen LogP contribution in [0.1, 0.15) is 44.2 Å². The Labute approximate surface area is 188 Å². The molecule has 1 fully saturated rings. The van der Waals surface area contributed by atoms with Gasteiger partial charge in [-0.3, -0.25) is 0 Å². The largest absolute Gasteiger partial charge is 0.489 e. The predicted octanol–water partition coefficient (Wildman–Crippen LogP) is 3.93. The van der Waals surface area contributed by atoms with Gasteiger partial charge in [-0.15, -0.1) is 0 Å². The third-order valence-electron chi connectivity index (χ3n) is 6.65. The average molecular weight is 433 g/mol. The maximum Gasteiger partial charge on any atom is 0.221 e. The maximum atomic E-state index is 9.28. The second-order valence-electron chi connectivity index (χ2n) is 9.47. The van der Waals surface area contributed by atoms with E-state index in [1.165, 1.54) is 5.06 Å². The molecule has 2 aromatic rings. The highest BCUT2D eigenvalue weighted by Crippen LogP contribution is 2.49. The minimum Gasteiger partial charge on any atom is -0.489 e. The Bertz CT molecular complexity index is 1120. The Balaban J connectivity index is 1.56. The van der Waals surface area contributed by atoms with Crippen LogP contribution in [0.15, 0.2) is 47.5 Å². The van der Waals surface area contributed by atoms with Crippen molar-refractivity contribution in [1.82, 2.24) is 5.06 Å². The van der Waals surface area contributed by atoms with Crippen LogP contribution < -0.4 is 10.5 Å². The molecule has 0 amide bonds. The van der Waals surface area contributed by atoms with Gasteiger partial charge in [0, 0.05) is 26.0 Å². The molecule has 3 aliphatic heterocycles. The van der Waals surface area contributed by atoms with E-state index in [9.17, 15) is 5.26 Å². The monoisotopic (exact) mass is 432 g/mol. The first-order valence-electron chi connectivity index (χ1n) is 11.0. The number of benzene rings is 2. The number of nitrogens with zero attached hydrogens (tertiary/aromatic N) is 3. The molecule has 3 atom stereocenters. The average Bonchev–Trinajstić information content (AvgIpc) is 3.06. The second kappa shape index (κ2) is 7.51. The molecule has 3 aliphatic rings. The SMILES string of the molecule is CN1O[C@]2(C[C@H]([C@@H]3CCOC(C)(C)C3)Oc3ccc(-c4cccc(C#N)c4)cc32)N=C1N. The smallest absolute Gasteiger partial charge is 0.221 e. The van der Waals surface area contributed by atoms with Gasteiger partial charge in [-0.25, -0.2) is 14.9 Å². The Morgan fingerprint density at radius 1 is 1.16 bits per heavy atom. The molecule has 0 radical (unpaired) electrons. The molecule has 7 nitrogen and oxygen atoms in total. The van der Waals surface area contributed by atoms with Crippen molar-refractivity contribution in [1.29, 1.82) is 5.26 Å². The Morgan fingerprint density at radius 2 is 1.97 bits per heavy atom. The number of nitrogens with two attached hydrogens (primary N) is 1. The highest BCUT2D eigenvalue weighted by Gasteiger charge is 2.51. The molecule has 2 aromatic carbocycles. The molecule has 0 unspecified atom stereocenters. The molecule has 1 spiro atoms. The predicted molar refractivity (Wildman–Crippen MR) is 121 cm³/mol. The van der Waals surface area contributed by atoms with E-state index in [0.717, 1.165) is 41.9 Å². The summed E-state index contributed by atoms with van der Waals surface area (Å²) in [6.45, 7) is 4.98. The molecule has 3 heterocycles. The van der Waals surface area contributed by atoms with Gasteiger partial charge in [0.25, 0.3) is 0 Å². The third kappa shape index (κ3) is 3.60. The fourth-order valence-electron chi connectivity index (χ4n) is 5.07. The Kier molecular flexibility index (Phi) is 4.88. The molecule has 5 rings (SSSR count). The molecule has 0 saturated carbocycles. The number of fused-ring (bicyclic) bond motifs is 2. The van der Waals surface area contributed by atoms with Crippen molar-refractivity contribution in [2.75, 3.05) is 13.7 Å². The summed E-state index contributed by atoms with van der Waals surface area (Å²) >= 11 is 0. The second-order valence-corrected chi connectivity index (χ2v) is 9.47. The van der Waals surface area contributed by atoms with E-state index in [0.29, 0.717) is 23.9 Å². The molecular weight excluding hydrogens is 404 g/mol. The first kappa shape index (κ1) is 20.8. The van der Waals surface area contributed by atoms with Gasteiger partial charge in [-0.1, -0.05) is 18.2 Å². The lowest BCUT2D eigenvalue weighted by Gasteiger charge is -2.44. The molecule has 1 saturated heterocycles. The van der Waals surface area contributed by atoms with Crippen molar-refractivity contribution in [3.63, 3.8) is 0 Å². The molecule has 0 aliphatic carbocycles. The minimum atomic E-state index is -0.928. The van der Waals surface area contributed by atoms with Gasteiger partial charge in [0.2, 0.25) is 11.7 Å². The van der Waals surface area contributed by atoms with E-state index < -0.39 is 5.72 Å². The highest BCUT2D eigenvalue weighted by atomic mass is 16.7. The molecular formula is C25H28N4O3. The zero-order chi connectivity index (χ0) is 22.5. The van der Waals surface area contributed by atoms with Crippen LogP contribution in [0.3, 0.4) is 0 Å². The van der Waals surface area contributed by atoms with E-state index >= 15 is 0 Å². The first-order valence-corrected chi connectivity index (χ1v) is 11.0. The van der Waals surface area contributed by atoms with Crippen LogP contribution in [-0.4, -0.2) is 36.4 Å². The molecule has 0 aromatic heterocycles. The van der Waals surface area contributed by atoms with Crippen LogP contribution in [0.5, 0.6) is 5.75 Å². The van der Waals surface area contributed by atoms with Gasteiger partial charge in [0.1, 0.15) is 11.9 Å². The number of rotatable bonds is 2. The van der Waals surface area contributed by atoms with Crippen molar-refractivity contribution in [2.45, 2.75) is 50.5 Å². The van der Waals surface area contributed by atoms with E-state index in [1.807, 2.05) is 36.4 Å². The van der Waals surface area contributed by atoms with Crippen molar-refractivity contribution >= 4 is 5.96 Å². The van der Waals surface area contributed by atoms with Crippen molar-refractivity contribution < 1.29 is 14.3 Å². The first-order chi connectivity index (χ1) is 15.3. The number of ether oxygens (including phenoxy) is 2. The molecule has 166 valence electrons. The number of aliphatic imine (C=N–C) groups is 1. The lowest BCUT2D eigenvalue weighted by Crippen LogP contribution is -2.46. The lowest BCUT2D eigenvalue weighted by molar-refractivity contribution is -0.198. The van der Waals surface area contributed by atoms with Crippen LogP contribution in [-0.2, 0) is 15.3 Å². The van der Waals surface area contributed by atoms with Gasteiger partial charge in [-0.2, -0.15) is 5.26 Å². The zero-order valence-corrected chi connectivity index (χ0v) is 18.7. The standard InChI is InChI=1S/C25H28N4O3/c1-24(2)13-19(9-10-30-24)22-14-25(28-23(27)29(3)32-25)20-12-18(7-8-21(20)31-22)17-6-4-5-16(11-17)15-26/h4-8,11-12,19,22H,9-10,13-14H2,1-3H3,(H2,27,28)/t19-,22-,25+/m1/s1. The molecule has 32 heavy (non-hydrogen) atoms. The fourth-order valence-corrected chi connectivity index (χ4v) is 5.07. The Morgan fingerprint density at radius 3 is 2.69 bits per heavy atom. The zero-order valence-electron chi connectivity index (χ0n) is 18.7. The van der Waals surface area contributed by atoms with Crippen LogP contribution >= 0.6 is 0 Å². The van der Waals surface area contributed by atoms with Gasteiger partial charge in [0.05, 0.1) is 22.8 Å². The number of hydrogen-bond acceptors (Lipinski definition) is 7. The number of guanidine groups is 1.